The molecule has 9 heteroatoms. The minimum Gasteiger partial charge on any atom is -0.338 e. The fourth-order valence-electron chi connectivity index (χ4n) is 3.57. The number of aromatic nitrogens is 4. The molecule has 0 saturated heterocycles. The lowest BCUT2D eigenvalue weighted by molar-refractivity contribution is -0.142. The fraction of sp³-hybridized carbons (Fsp3) is 0.611. The molecule has 3 rings (SSSR count). The number of fused-ring (bicyclic) bond motifs is 1. The van der Waals surface area contributed by atoms with Crippen LogP contribution in [-0.2, 0) is 43.4 Å². The summed E-state index contributed by atoms with van der Waals surface area (Å²) in [6.07, 6.45) is 0.484. The Morgan fingerprint density at radius 1 is 1.22 bits per heavy atom. The standard InChI is InChI=1S/C18H24F3N5O/c1-3-25-13(9-10-22-25)11-24(2)16(27)12-26-15-8-6-4-5-7-14(15)17(23-26)18(19,20)21/h9-10H,3-8,11-12H2,1-2H3. The topological polar surface area (TPSA) is 56.0 Å². The van der Waals surface area contributed by atoms with Crippen molar-refractivity contribution in [2.24, 2.45) is 0 Å². The van der Waals surface area contributed by atoms with Crippen LogP contribution in [-0.4, -0.2) is 37.4 Å². The van der Waals surface area contributed by atoms with E-state index in [0.29, 0.717) is 31.6 Å². The van der Waals surface area contributed by atoms with Crippen molar-refractivity contribution in [1.29, 1.82) is 0 Å². The van der Waals surface area contributed by atoms with Crippen molar-refractivity contribution < 1.29 is 18.0 Å². The Hall–Kier alpha value is -2.32. The smallest absolute Gasteiger partial charge is 0.338 e. The third kappa shape index (κ3) is 4.17. The van der Waals surface area contributed by atoms with Crippen LogP contribution in [0.1, 0.15) is 48.8 Å². The summed E-state index contributed by atoms with van der Waals surface area (Å²) in [7, 11) is 1.64. The van der Waals surface area contributed by atoms with E-state index >= 15 is 0 Å². The summed E-state index contributed by atoms with van der Waals surface area (Å²) in [4.78, 5) is 14.1. The molecule has 2 aromatic heterocycles. The predicted octanol–water partition coefficient (Wildman–Crippen LogP) is 3.05. The number of carbonyl (C=O) groups excluding carboxylic acids is 1. The molecule has 2 aromatic rings. The summed E-state index contributed by atoms with van der Waals surface area (Å²) < 4.78 is 43.2. The average Bonchev–Trinajstić information content (AvgIpc) is 3.11. The maximum Gasteiger partial charge on any atom is 0.435 e. The van der Waals surface area contributed by atoms with Crippen molar-refractivity contribution in [3.63, 3.8) is 0 Å². The zero-order valence-electron chi connectivity index (χ0n) is 15.6. The van der Waals surface area contributed by atoms with Gasteiger partial charge in [0.1, 0.15) is 6.54 Å². The predicted molar refractivity (Wildman–Crippen MR) is 92.9 cm³/mol. The third-order valence-electron chi connectivity index (χ3n) is 4.99. The first-order chi connectivity index (χ1) is 12.8. The van der Waals surface area contributed by atoms with E-state index in [1.165, 1.54) is 9.58 Å². The van der Waals surface area contributed by atoms with Gasteiger partial charge >= 0.3 is 6.18 Å². The van der Waals surface area contributed by atoms with Crippen LogP contribution in [0.3, 0.4) is 0 Å². The highest BCUT2D eigenvalue weighted by Gasteiger charge is 2.39. The quantitative estimate of drug-likeness (QED) is 0.746. The second-order valence-corrected chi connectivity index (χ2v) is 6.88. The summed E-state index contributed by atoms with van der Waals surface area (Å²) in [6, 6.07) is 1.83. The van der Waals surface area contributed by atoms with Crippen molar-refractivity contribution in [2.75, 3.05) is 7.05 Å². The van der Waals surface area contributed by atoms with Crippen molar-refractivity contribution in [3.8, 4) is 0 Å². The Morgan fingerprint density at radius 3 is 2.67 bits per heavy atom. The van der Waals surface area contributed by atoms with Crippen molar-refractivity contribution in [2.45, 2.75) is 64.8 Å². The summed E-state index contributed by atoms with van der Waals surface area (Å²) >= 11 is 0. The highest BCUT2D eigenvalue weighted by atomic mass is 19.4. The molecule has 2 heterocycles. The van der Waals surface area contributed by atoms with E-state index in [1.54, 1.807) is 17.9 Å². The number of likely N-dealkylation sites (N-methyl/N-ethyl adjacent to an activating group) is 1. The maximum atomic E-state index is 13.4. The molecule has 148 valence electrons. The van der Waals surface area contributed by atoms with Crippen LogP contribution in [0.2, 0.25) is 0 Å². The molecule has 0 aromatic carbocycles. The van der Waals surface area contributed by atoms with Crippen molar-refractivity contribution in [1.82, 2.24) is 24.5 Å². The number of aryl methyl sites for hydroxylation is 1. The van der Waals surface area contributed by atoms with E-state index in [4.69, 9.17) is 0 Å². The summed E-state index contributed by atoms with van der Waals surface area (Å²) in [6.45, 7) is 2.80. The molecule has 0 spiro atoms. The van der Waals surface area contributed by atoms with Crippen LogP contribution in [0.5, 0.6) is 0 Å². The number of halogens is 3. The molecule has 0 N–H and O–H groups in total. The van der Waals surface area contributed by atoms with Gasteiger partial charge in [0.2, 0.25) is 5.91 Å². The molecule has 27 heavy (non-hydrogen) atoms. The number of carbonyl (C=O) groups is 1. The van der Waals surface area contributed by atoms with Gasteiger partial charge in [0, 0.05) is 31.0 Å². The first-order valence-corrected chi connectivity index (χ1v) is 9.21. The second kappa shape index (κ2) is 7.74. The number of amides is 1. The molecule has 0 unspecified atom stereocenters. The van der Waals surface area contributed by atoms with Crippen molar-refractivity contribution >= 4 is 5.91 Å². The molecule has 1 aliphatic rings. The molecule has 0 radical (unpaired) electrons. The lowest BCUT2D eigenvalue weighted by Crippen LogP contribution is -2.31. The molecule has 0 bridgehead atoms. The van der Waals surface area contributed by atoms with Crippen molar-refractivity contribution in [3.05, 3.63) is 34.9 Å². The van der Waals surface area contributed by atoms with Gasteiger partial charge in [-0.15, -0.1) is 0 Å². The molecular formula is C18H24F3N5O. The van der Waals surface area contributed by atoms with Crippen LogP contribution in [0.25, 0.3) is 0 Å². The van der Waals surface area contributed by atoms with Gasteiger partial charge < -0.3 is 4.90 Å². The van der Waals surface area contributed by atoms with Gasteiger partial charge in [-0.1, -0.05) is 6.42 Å². The normalized spacial score (nSPS) is 14.7. The maximum absolute atomic E-state index is 13.4. The van der Waals surface area contributed by atoms with Crippen LogP contribution in [0.4, 0.5) is 13.2 Å². The SMILES string of the molecule is CCn1nccc1CN(C)C(=O)Cn1nc(C(F)(F)F)c2c1CCCCC2. The van der Waals surface area contributed by atoms with E-state index in [-0.39, 0.29) is 18.0 Å². The minimum atomic E-state index is -4.50. The summed E-state index contributed by atoms with van der Waals surface area (Å²) in [5, 5.41) is 7.95. The number of hydrogen-bond acceptors (Lipinski definition) is 3. The molecule has 0 aliphatic heterocycles. The number of hydrogen-bond donors (Lipinski definition) is 0. The Bertz CT molecular complexity index is 809. The number of nitrogens with zero attached hydrogens (tertiary/aromatic N) is 5. The molecule has 0 fully saturated rings. The average molecular weight is 383 g/mol. The molecule has 0 atom stereocenters. The number of alkyl halides is 3. The third-order valence-corrected chi connectivity index (χ3v) is 4.99. The Balaban J connectivity index is 1.80. The Morgan fingerprint density at radius 2 is 1.96 bits per heavy atom. The van der Waals surface area contributed by atoms with Gasteiger partial charge in [-0.05, 0) is 38.7 Å². The second-order valence-electron chi connectivity index (χ2n) is 6.88. The molecule has 0 saturated carbocycles. The van der Waals surface area contributed by atoms with Crippen LogP contribution in [0, 0.1) is 0 Å². The van der Waals surface area contributed by atoms with E-state index in [9.17, 15) is 18.0 Å². The Labute approximate surface area is 155 Å². The van der Waals surface area contributed by atoms with Gasteiger partial charge in [0.05, 0.1) is 12.2 Å². The Kier molecular flexibility index (Phi) is 5.57. The monoisotopic (exact) mass is 383 g/mol. The first-order valence-electron chi connectivity index (χ1n) is 9.21. The van der Waals surface area contributed by atoms with Gasteiger partial charge in [-0.25, -0.2) is 0 Å². The van der Waals surface area contributed by atoms with Gasteiger partial charge in [0.15, 0.2) is 5.69 Å². The largest absolute Gasteiger partial charge is 0.435 e. The fourth-order valence-corrected chi connectivity index (χ4v) is 3.57. The highest BCUT2D eigenvalue weighted by molar-refractivity contribution is 5.75. The molecule has 6 nitrogen and oxygen atoms in total. The lowest BCUT2D eigenvalue weighted by Gasteiger charge is -2.18. The van der Waals surface area contributed by atoms with E-state index in [0.717, 1.165) is 25.0 Å². The van der Waals surface area contributed by atoms with E-state index in [2.05, 4.69) is 10.2 Å². The first kappa shape index (κ1) is 19.4. The molecule has 1 aliphatic carbocycles. The van der Waals surface area contributed by atoms with Gasteiger partial charge in [0.25, 0.3) is 0 Å². The summed E-state index contributed by atoms with van der Waals surface area (Å²) in [5.41, 5.74) is 0.863. The molecule has 1 amide bonds. The van der Waals surface area contributed by atoms with Gasteiger partial charge in [-0.3, -0.25) is 14.2 Å². The van der Waals surface area contributed by atoms with Gasteiger partial charge in [-0.2, -0.15) is 23.4 Å². The van der Waals surface area contributed by atoms with E-state index in [1.807, 2.05) is 13.0 Å². The van der Waals surface area contributed by atoms with Crippen LogP contribution < -0.4 is 0 Å². The van der Waals surface area contributed by atoms with E-state index < -0.39 is 11.9 Å². The molecular weight excluding hydrogens is 359 g/mol. The van der Waals surface area contributed by atoms with Crippen LogP contribution in [0.15, 0.2) is 12.3 Å². The lowest BCUT2D eigenvalue weighted by atomic mass is 10.1. The highest BCUT2D eigenvalue weighted by Crippen LogP contribution is 2.35. The summed E-state index contributed by atoms with van der Waals surface area (Å²) in [5.74, 6) is -0.276. The number of rotatable bonds is 5. The van der Waals surface area contributed by atoms with Crippen LogP contribution >= 0.6 is 0 Å². The minimum absolute atomic E-state index is 0.185. The zero-order chi connectivity index (χ0) is 19.6. The zero-order valence-corrected chi connectivity index (χ0v) is 15.6.